The van der Waals surface area contributed by atoms with E-state index in [0.717, 1.165) is 11.8 Å². The van der Waals surface area contributed by atoms with Crippen molar-refractivity contribution < 1.29 is 23.5 Å². The van der Waals surface area contributed by atoms with E-state index in [-0.39, 0.29) is 5.56 Å². The summed E-state index contributed by atoms with van der Waals surface area (Å²) in [6.07, 6.45) is -1.07. The highest BCUT2D eigenvalue weighted by Gasteiger charge is 2.21. The van der Waals surface area contributed by atoms with Crippen LogP contribution < -0.4 is 10.6 Å². The van der Waals surface area contributed by atoms with Gasteiger partial charge in [-0.25, -0.2) is 4.39 Å². The van der Waals surface area contributed by atoms with Gasteiger partial charge >= 0.3 is 5.97 Å². The number of nitrogens with zero attached hydrogens (tertiary/aromatic N) is 2. The van der Waals surface area contributed by atoms with Gasteiger partial charge in [0.25, 0.3) is 11.8 Å². The first-order valence-corrected chi connectivity index (χ1v) is 8.23. The van der Waals surface area contributed by atoms with Crippen LogP contribution in [0.15, 0.2) is 24.3 Å². The second-order valence-electron chi connectivity index (χ2n) is 5.98. The third-order valence-corrected chi connectivity index (χ3v) is 3.91. The molecule has 1 heterocycles. The Bertz CT molecular complexity index is 878. The van der Waals surface area contributed by atoms with Crippen molar-refractivity contribution in [3.63, 3.8) is 0 Å². The van der Waals surface area contributed by atoms with E-state index in [1.807, 2.05) is 0 Å². The van der Waals surface area contributed by atoms with Crippen LogP contribution in [0.3, 0.4) is 0 Å². The van der Waals surface area contributed by atoms with Crippen LogP contribution in [-0.2, 0) is 21.4 Å². The number of carbonyl (C=O) groups excluding carboxylic acids is 3. The molecule has 2 N–H and O–H groups in total. The number of aryl methyl sites for hydroxylation is 2. The minimum Gasteiger partial charge on any atom is -0.451 e. The van der Waals surface area contributed by atoms with Crippen molar-refractivity contribution in [3.05, 3.63) is 47.0 Å². The van der Waals surface area contributed by atoms with Gasteiger partial charge in [-0.05, 0) is 39.0 Å². The van der Waals surface area contributed by atoms with Gasteiger partial charge in [0.1, 0.15) is 12.4 Å². The largest absolute Gasteiger partial charge is 0.451 e. The van der Waals surface area contributed by atoms with Crippen molar-refractivity contribution in [1.29, 1.82) is 0 Å². The van der Waals surface area contributed by atoms with Crippen LogP contribution in [0.2, 0.25) is 0 Å². The maximum Gasteiger partial charge on any atom is 0.326 e. The zero-order valence-corrected chi connectivity index (χ0v) is 15.5. The molecule has 0 saturated carbocycles. The quantitative estimate of drug-likeness (QED) is 0.744. The zero-order valence-electron chi connectivity index (χ0n) is 15.5. The molecule has 0 bridgehead atoms. The minimum absolute atomic E-state index is 0.0797. The van der Waals surface area contributed by atoms with Crippen molar-refractivity contribution in [2.24, 2.45) is 7.05 Å². The number of nitrogens with one attached hydrogen (secondary N) is 2. The molecule has 0 unspecified atom stereocenters. The topological polar surface area (TPSA) is 102 Å². The number of amides is 2. The number of halogens is 1. The van der Waals surface area contributed by atoms with Gasteiger partial charge in [0.2, 0.25) is 0 Å². The Morgan fingerprint density at radius 1 is 1.30 bits per heavy atom. The van der Waals surface area contributed by atoms with Crippen LogP contribution in [-0.4, -0.2) is 40.2 Å². The summed E-state index contributed by atoms with van der Waals surface area (Å²) < 4.78 is 19.7. The number of benzene rings is 1. The number of anilines is 1. The molecule has 1 atom stereocenters. The van der Waals surface area contributed by atoms with E-state index in [9.17, 15) is 18.8 Å². The predicted molar refractivity (Wildman–Crippen MR) is 95.6 cm³/mol. The van der Waals surface area contributed by atoms with Crippen molar-refractivity contribution in [2.75, 3.05) is 11.9 Å². The number of rotatable bonds is 6. The molecule has 27 heavy (non-hydrogen) atoms. The Kier molecular flexibility index (Phi) is 6.27. The zero-order chi connectivity index (χ0) is 20.1. The first-order valence-electron chi connectivity index (χ1n) is 8.23. The Labute approximate surface area is 155 Å². The van der Waals surface area contributed by atoms with E-state index >= 15 is 0 Å². The fourth-order valence-corrected chi connectivity index (χ4v) is 2.36. The highest BCUT2D eigenvalue weighted by molar-refractivity contribution is 5.97. The molecular weight excluding hydrogens is 355 g/mol. The third-order valence-electron chi connectivity index (χ3n) is 3.91. The van der Waals surface area contributed by atoms with Crippen LogP contribution in [0, 0.1) is 19.7 Å². The summed E-state index contributed by atoms with van der Waals surface area (Å²) in [6, 6.07) is 5.06. The molecule has 0 radical (unpaired) electrons. The maximum atomic E-state index is 13.1. The van der Waals surface area contributed by atoms with Gasteiger partial charge in [-0.3, -0.25) is 19.1 Å². The highest BCUT2D eigenvalue weighted by Crippen LogP contribution is 2.18. The van der Waals surface area contributed by atoms with Crippen molar-refractivity contribution in [1.82, 2.24) is 15.1 Å². The van der Waals surface area contributed by atoms with Crippen LogP contribution in [0.1, 0.15) is 28.7 Å². The summed E-state index contributed by atoms with van der Waals surface area (Å²) in [5.74, 6) is -2.48. The number of esters is 1. The molecule has 144 valence electrons. The molecule has 0 saturated heterocycles. The second kappa shape index (κ2) is 8.43. The Balaban J connectivity index is 1.85. The summed E-state index contributed by atoms with van der Waals surface area (Å²) in [4.78, 5) is 35.9. The van der Waals surface area contributed by atoms with Crippen LogP contribution in [0.25, 0.3) is 0 Å². The van der Waals surface area contributed by atoms with E-state index in [1.54, 1.807) is 25.6 Å². The van der Waals surface area contributed by atoms with Gasteiger partial charge in [-0.1, -0.05) is 6.07 Å². The molecule has 2 aromatic rings. The number of aromatic nitrogens is 2. The predicted octanol–water partition coefficient (Wildman–Crippen LogP) is 1.48. The van der Waals surface area contributed by atoms with E-state index < -0.39 is 36.2 Å². The minimum atomic E-state index is -1.07. The molecular formula is C18H21FN4O4. The molecule has 1 aromatic heterocycles. The van der Waals surface area contributed by atoms with Crippen molar-refractivity contribution in [3.8, 4) is 0 Å². The summed E-state index contributed by atoms with van der Waals surface area (Å²) in [5.41, 5.74) is 2.05. The summed E-state index contributed by atoms with van der Waals surface area (Å²) in [6.45, 7) is 4.52. The lowest BCUT2D eigenvalue weighted by Gasteiger charge is -2.14. The maximum absolute atomic E-state index is 13.1. The second-order valence-corrected chi connectivity index (χ2v) is 5.98. The van der Waals surface area contributed by atoms with Gasteiger partial charge < -0.3 is 15.4 Å². The summed E-state index contributed by atoms with van der Waals surface area (Å²) >= 11 is 0. The Morgan fingerprint density at radius 3 is 2.59 bits per heavy atom. The molecule has 0 fully saturated rings. The molecule has 0 aliphatic heterocycles. The lowest BCUT2D eigenvalue weighted by molar-refractivity contribution is -0.152. The SMILES string of the molecule is Cc1nn(C)c(C)c1NC(=O)[C@@H](C)OC(=O)CNC(=O)c1cccc(F)c1. The van der Waals surface area contributed by atoms with Gasteiger partial charge in [0.05, 0.1) is 17.1 Å². The molecule has 2 amide bonds. The molecule has 9 heteroatoms. The Hall–Kier alpha value is -3.23. The van der Waals surface area contributed by atoms with E-state index in [0.29, 0.717) is 11.4 Å². The highest BCUT2D eigenvalue weighted by atomic mass is 19.1. The molecule has 2 rings (SSSR count). The van der Waals surface area contributed by atoms with Crippen molar-refractivity contribution in [2.45, 2.75) is 26.9 Å². The first kappa shape index (κ1) is 20.1. The average Bonchev–Trinajstić information content (AvgIpc) is 2.85. The first-order chi connectivity index (χ1) is 12.7. The third kappa shape index (κ3) is 5.13. The number of hydrogen-bond acceptors (Lipinski definition) is 5. The molecule has 1 aromatic carbocycles. The van der Waals surface area contributed by atoms with E-state index in [2.05, 4.69) is 15.7 Å². The van der Waals surface area contributed by atoms with E-state index in [4.69, 9.17) is 4.74 Å². The molecule has 0 aliphatic rings. The van der Waals surface area contributed by atoms with Crippen LogP contribution in [0.4, 0.5) is 10.1 Å². The number of hydrogen-bond donors (Lipinski definition) is 2. The fourth-order valence-electron chi connectivity index (χ4n) is 2.36. The Morgan fingerprint density at radius 2 is 2.00 bits per heavy atom. The lowest BCUT2D eigenvalue weighted by Crippen LogP contribution is -2.36. The fraction of sp³-hybridized carbons (Fsp3) is 0.333. The lowest BCUT2D eigenvalue weighted by atomic mass is 10.2. The smallest absolute Gasteiger partial charge is 0.326 e. The van der Waals surface area contributed by atoms with Crippen LogP contribution in [0.5, 0.6) is 0 Å². The summed E-state index contributed by atoms with van der Waals surface area (Å²) in [7, 11) is 1.75. The molecule has 0 spiro atoms. The average molecular weight is 376 g/mol. The number of carbonyl (C=O) groups is 3. The van der Waals surface area contributed by atoms with Gasteiger partial charge in [-0.15, -0.1) is 0 Å². The van der Waals surface area contributed by atoms with Gasteiger partial charge in [-0.2, -0.15) is 5.10 Å². The van der Waals surface area contributed by atoms with Crippen LogP contribution >= 0.6 is 0 Å². The van der Waals surface area contributed by atoms with Gasteiger partial charge in [0, 0.05) is 12.6 Å². The summed E-state index contributed by atoms with van der Waals surface area (Å²) in [5, 5.41) is 9.18. The normalized spacial score (nSPS) is 11.6. The monoisotopic (exact) mass is 376 g/mol. The number of ether oxygens (including phenoxy) is 1. The van der Waals surface area contributed by atoms with Gasteiger partial charge in [0.15, 0.2) is 6.10 Å². The van der Waals surface area contributed by atoms with E-state index in [1.165, 1.54) is 25.1 Å². The standard InChI is InChI=1S/C18H21FN4O4/c1-10-16(11(2)23(4)22-10)21-17(25)12(3)27-15(24)9-20-18(26)13-6-5-7-14(19)8-13/h5-8,12H,9H2,1-4H3,(H,20,26)(H,21,25)/t12-/m1/s1. The molecule has 0 aliphatic carbocycles. The van der Waals surface area contributed by atoms with Crippen molar-refractivity contribution >= 4 is 23.5 Å². The molecule has 8 nitrogen and oxygen atoms in total.